The van der Waals surface area contributed by atoms with E-state index in [1.165, 1.54) is 0 Å². The molecular formula is C15H25ClN2O. The Balaban J connectivity index is 0.00000324. The molecule has 0 heterocycles. The number of nitrogens with one attached hydrogen (secondary N) is 1. The first-order valence-corrected chi connectivity index (χ1v) is 6.39. The van der Waals surface area contributed by atoms with E-state index in [1.54, 1.807) is 0 Å². The molecule has 0 aromatic heterocycles. The molecule has 1 atom stereocenters. The number of nitrogens with two attached hydrogens (primary N) is 1. The van der Waals surface area contributed by atoms with Crippen molar-refractivity contribution in [1.82, 2.24) is 0 Å². The van der Waals surface area contributed by atoms with Crippen molar-refractivity contribution in [3.05, 3.63) is 29.8 Å². The van der Waals surface area contributed by atoms with E-state index in [0.717, 1.165) is 11.3 Å². The number of amides is 1. The fourth-order valence-electron chi connectivity index (χ4n) is 1.76. The molecule has 0 aliphatic rings. The summed E-state index contributed by atoms with van der Waals surface area (Å²) in [5, 5.41) is 2.93. The number of hydrogen-bond acceptors (Lipinski definition) is 2. The smallest absolute Gasteiger partial charge is 0.241 e. The van der Waals surface area contributed by atoms with Gasteiger partial charge in [-0.15, -0.1) is 12.4 Å². The Hall–Kier alpha value is -1.06. The number of para-hydroxylation sites is 1. The van der Waals surface area contributed by atoms with Gasteiger partial charge in [-0.05, 0) is 23.0 Å². The molecule has 0 saturated carbocycles. The Kier molecular flexibility index (Phi) is 6.53. The van der Waals surface area contributed by atoms with E-state index >= 15 is 0 Å². The molecule has 1 aromatic carbocycles. The Bertz CT molecular complexity index is 424. The fraction of sp³-hybridized carbons (Fsp3) is 0.533. The predicted molar refractivity (Wildman–Crippen MR) is 83.8 cm³/mol. The first-order chi connectivity index (χ1) is 8.23. The number of halogens is 1. The number of hydrogen-bond donors (Lipinski definition) is 2. The SMILES string of the molecule is CC(C)[C@H](N)C(=O)Nc1ccccc1C(C)(C)C.Cl. The zero-order chi connectivity index (χ0) is 13.9. The minimum Gasteiger partial charge on any atom is -0.324 e. The van der Waals surface area contributed by atoms with Gasteiger partial charge in [0.25, 0.3) is 0 Å². The normalized spacial score (nSPS) is 12.8. The van der Waals surface area contributed by atoms with Crippen molar-refractivity contribution in [1.29, 1.82) is 0 Å². The summed E-state index contributed by atoms with van der Waals surface area (Å²) in [6.45, 7) is 10.3. The summed E-state index contributed by atoms with van der Waals surface area (Å²) >= 11 is 0. The summed E-state index contributed by atoms with van der Waals surface area (Å²) in [5.74, 6) is 0.00787. The molecule has 4 heteroatoms. The van der Waals surface area contributed by atoms with Crippen LogP contribution in [0.15, 0.2) is 24.3 Å². The lowest BCUT2D eigenvalue weighted by Crippen LogP contribution is -2.40. The third-order valence-corrected chi connectivity index (χ3v) is 3.01. The van der Waals surface area contributed by atoms with E-state index in [4.69, 9.17) is 5.73 Å². The van der Waals surface area contributed by atoms with Crippen molar-refractivity contribution < 1.29 is 4.79 Å². The van der Waals surface area contributed by atoms with Crippen LogP contribution in [0.25, 0.3) is 0 Å². The highest BCUT2D eigenvalue weighted by atomic mass is 35.5. The first-order valence-electron chi connectivity index (χ1n) is 6.39. The largest absolute Gasteiger partial charge is 0.324 e. The number of carbonyl (C=O) groups is 1. The van der Waals surface area contributed by atoms with Crippen molar-refractivity contribution in [3.63, 3.8) is 0 Å². The van der Waals surface area contributed by atoms with Crippen LogP contribution in [0.2, 0.25) is 0 Å². The van der Waals surface area contributed by atoms with Crippen LogP contribution in [0.5, 0.6) is 0 Å². The van der Waals surface area contributed by atoms with Crippen LogP contribution in [0, 0.1) is 5.92 Å². The standard InChI is InChI=1S/C15H24N2O.ClH/c1-10(2)13(16)14(18)17-12-9-7-6-8-11(12)15(3,4)5;/h6-10,13H,16H2,1-5H3,(H,17,18);1H/t13-;/m0./s1. The summed E-state index contributed by atoms with van der Waals surface area (Å²) < 4.78 is 0. The quantitative estimate of drug-likeness (QED) is 0.894. The average Bonchev–Trinajstić information content (AvgIpc) is 2.27. The van der Waals surface area contributed by atoms with E-state index in [9.17, 15) is 4.79 Å². The lowest BCUT2D eigenvalue weighted by molar-refractivity contribution is -0.118. The van der Waals surface area contributed by atoms with Gasteiger partial charge in [0.05, 0.1) is 6.04 Å². The highest BCUT2D eigenvalue weighted by Gasteiger charge is 2.21. The summed E-state index contributed by atoms with van der Waals surface area (Å²) in [5.41, 5.74) is 7.82. The maximum absolute atomic E-state index is 12.0. The van der Waals surface area contributed by atoms with E-state index in [2.05, 4.69) is 26.1 Å². The van der Waals surface area contributed by atoms with Crippen molar-refractivity contribution in [2.75, 3.05) is 5.32 Å². The molecular weight excluding hydrogens is 260 g/mol. The predicted octanol–water partition coefficient (Wildman–Crippen LogP) is 3.33. The first kappa shape index (κ1) is 17.9. The van der Waals surface area contributed by atoms with Crippen LogP contribution in [-0.4, -0.2) is 11.9 Å². The molecule has 0 saturated heterocycles. The van der Waals surface area contributed by atoms with Gasteiger partial charge in [0.1, 0.15) is 0 Å². The van der Waals surface area contributed by atoms with Crippen LogP contribution in [0.4, 0.5) is 5.69 Å². The summed E-state index contributed by atoms with van der Waals surface area (Å²) in [6, 6.07) is 7.39. The maximum Gasteiger partial charge on any atom is 0.241 e. The van der Waals surface area contributed by atoms with Gasteiger partial charge in [-0.3, -0.25) is 4.79 Å². The molecule has 1 rings (SSSR count). The Labute approximate surface area is 122 Å². The van der Waals surface area contributed by atoms with Gasteiger partial charge in [-0.2, -0.15) is 0 Å². The molecule has 0 fully saturated rings. The highest BCUT2D eigenvalue weighted by Crippen LogP contribution is 2.29. The second-order valence-corrected chi connectivity index (χ2v) is 6.05. The van der Waals surface area contributed by atoms with Crippen LogP contribution < -0.4 is 11.1 Å². The van der Waals surface area contributed by atoms with Gasteiger partial charge in [-0.25, -0.2) is 0 Å². The van der Waals surface area contributed by atoms with Crippen LogP contribution in [0.3, 0.4) is 0 Å². The van der Waals surface area contributed by atoms with Crippen molar-refractivity contribution in [3.8, 4) is 0 Å². The fourth-order valence-corrected chi connectivity index (χ4v) is 1.76. The zero-order valence-corrected chi connectivity index (χ0v) is 13.2. The van der Waals surface area contributed by atoms with Crippen molar-refractivity contribution >= 4 is 24.0 Å². The molecule has 3 nitrogen and oxygen atoms in total. The third kappa shape index (κ3) is 4.84. The molecule has 0 spiro atoms. The Morgan fingerprint density at radius 1 is 1.21 bits per heavy atom. The van der Waals surface area contributed by atoms with Gasteiger partial charge in [-0.1, -0.05) is 52.8 Å². The van der Waals surface area contributed by atoms with Gasteiger partial charge in [0.15, 0.2) is 0 Å². The lowest BCUT2D eigenvalue weighted by atomic mass is 9.85. The molecule has 0 aliphatic carbocycles. The Morgan fingerprint density at radius 2 is 1.74 bits per heavy atom. The van der Waals surface area contributed by atoms with Crippen molar-refractivity contribution in [2.45, 2.75) is 46.1 Å². The van der Waals surface area contributed by atoms with E-state index in [0.29, 0.717) is 0 Å². The maximum atomic E-state index is 12.0. The molecule has 0 unspecified atom stereocenters. The Morgan fingerprint density at radius 3 is 2.21 bits per heavy atom. The number of rotatable bonds is 3. The molecule has 0 aliphatic heterocycles. The van der Waals surface area contributed by atoms with Crippen LogP contribution >= 0.6 is 12.4 Å². The molecule has 19 heavy (non-hydrogen) atoms. The topological polar surface area (TPSA) is 55.1 Å². The molecule has 0 bridgehead atoms. The minimum absolute atomic E-state index is 0. The molecule has 1 aromatic rings. The second kappa shape index (κ2) is 6.92. The van der Waals surface area contributed by atoms with Gasteiger partial charge in [0.2, 0.25) is 5.91 Å². The average molecular weight is 285 g/mol. The summed E-state index contributed by atoms with van der Waals surface area (Å²) in [6.07, 6.45) is 0. The van der Waals surface area contributed by atoms with Gasteiger partial charge < -0.3 is 11.1 Å². The zero-order valence-electron chi connectivity index (χ0n) is 12.4. The van der Waals surface area contributed by atoms with E-state index in [1.807, 2.05) is 38.1 Å². The number of anilines is 1. The number of benzene rings is 1. The highest BCUT2D eigenvalue weighted by molar-refractivity contribution is 5.95. The monoisotopic (exact) mass is 284 g/mol. The van der Waals surface area contributed by atoms with E-state index in [-0.39, 0.29) is 29.6 Å². The van der Waals surface area contributed by atoms with Gasteiger partial charge in [0, 0.05) is 5.69 Å². The van der Waals surface area contributed by atoms with Crippen LogP contribution in [-0.2, 0) is 10.2 Å². The molecule has 108 valence electrons. The molecule has 1 amide bonds. The number of carbonyl (C=O) groups excluding carboxylic acids is 1. The van der Waals surface area contributed by atoms with Crippen LogP contribution in [0.1, 0.15) is 40.2 Å². The minimum atomic E-state index is -0.474. The third-order valence-electron chi connectivity index (χ3n) is 3.01. The summed E-state index contributed by atoms with van der Waals surface area (Å²) in [7, 11) is 0. The summed E-state index contributed by atoms with van der Waals surface area (Å²) in [4.78, 5) is 12.0. The molecule has 0 radical (unpaired) electrons. The molecule has 3 N–H and O–H groups in total. The van der Waals surface area contributed by atoms with Crippen molar-refractivity contribution in [2.24, 2.45) is 11.7 Å². The van der Waals surface area contributed by atoms with Gasteiger partial charge >= 0.3 is 0 Å². The lowest BCUT2D eigenvalue weighted by Gasteiger charge is -2.24. The second-order valence-electron chi connectivity index (χ2n) is 6.05. The van der Waals surface area contributed by atoms with E-state index < -0.39 is 6.04 Å².